The van der Waals surface area contributed by atoms with Crippen molar-refractivity contribution in [1.29, 1.82) is 0 Å². The second-order valence-electron chi connectivity index (χ2n) is 6.19. The Morgan fingerprint density at radius 2 is 1.77 bits per heavy atom. The van der Waals surface area contributed by atoms with E-state index in [4.69, 9.17) is 23.2 Å². The van der Waals surface area contributed by atoms with Crippen LogP contribution in [0.3, 0.4) is 0 Å². The molecule has 26 heavy (non-hydrogen) atoms. The number of rotatable bonds is 7. The van der Waals surface area contributed by atoms with Gasteiger partial charge >= 0.3 is 0 Å². The number of nitrogens with one attached hydrogen (secondary N) is 1. The lowest BCUT2D eigenvalue weighted by molar-refractivity contribution is -0.134. The highest BCUT2D eigenvalue weighted by Crippen LogP contribution is 2.21. The van der Waals surface area contributed by atoms with Gasteiger partial charge in [0.1, 0.15) is 0 Å². The molecule has 4 nitrogen and oxygen atoms in total. The number of halogens is 2. The smallest absolute Gasteiger partial charge is 0.239 e. The minimum Gasteiger partial charge on any atom is -0.350 e. The van der Waals surface area contributed by atoms with Gasteiger partial charge in [0.05, 0.1) is 6.54 Å². The molecule has 0 aromatic heterocycles. The summed E-state index contributed by atoms with van der Waals surface area (Å²) >= 11 is 12.1. The fourth-order valence-corrected chi connectivity index (χ4v) is 2.97. The lowest BCUT2D eigenvalue weighted by Gasteiger charge is -2.21. The van der Waals surface area contributed by atoms with E-state index >= 15 is 0 Å². The van der Waals surface area contributed by atoms with Crippen LogP contribution in [0.2, 0.25) is 10.0 Å². The van der Waals surface area contributed by atoms with Gasteiger partial charge in [-0.1, -0.05) is 59.1 Å². The van der Waals surface area contributed by atoms with Crippen molar-refractivity contribution < 1.29 is 9.59 Å². The molecule has 2 aromatic carbocycles. The summed E-state index contributed by atoms with van der Waals surface area (Å²) in [5, 5.41) is 3.97. The molecule has 0 saturated carbocycles. The molecule has 0 radical (unpaired) electrons. The standard InChI is InChI=1S/C20H22Cl2N2O2/c1-14-3-5-16(6-4-14)12-23-20(26)13-24(15(2)25)10-9-17-7-8-18(21)11-19(17)22/h3-8,11H,9-10,12-13H2,1-2H3,(H,23,26). The number of carbonyl (C=O) groups excluding carboxylic acids is 2. The van der Waals surface area contributed by atoms with E-state index in [0.717, 1.165) is 11.1 Å². The summed E-state index contributed by atoms with van der Waals surface area (Å²) in [7, 11) is 0. The molecule has 0 atom stereocenters. The molecule has 0 aliphatic rings. The Kier molecular flexibility index (Phi) is 7.49. The highest BCUT2D eigenvalue weighted by Gasteiger charge is 2.14. The van der Waals surface area contributed by atoms with E-state index in [-0.39, 0.29) is 18.4 Å². The minimum atomic E-state index is -0.192. The van der Waals surface area contributed by atoms with Gasteiger partial charge < -0.3 is 10.2 Å². The van der Waals surface area contributed by atoms with Crippen molar-refractivity contribution in [3.63, 3.8) is 0 Å². The van der Waals surface area contributed by atoms with Crippen molar-refractivity contribution in [3.8, 4) is 0 Å². The van der Waals surface area contributed by atoms with Gasteiger partial charge in [-0.05, 0) is 36.6 Å². The number of hydrogen-bond donors (Lipinski definition) is 1. The molecule has 2 amide bonds. The molecule has 138 valence electrons. The number of nitrogens with zero attached hydrogens (tertiary/aromatic N) is 1. The topological polar surface area (TPSA) is 49.4 Å². The van der Waals surface area contributed by atoms with Crippen LogP contribution in [0, 0.1) is 6.92 Å². The van der Waals surface area contributed by atoms with Crippen molar-refractivity contribution in [1.82, 2.24) is 10.2 Å². The van der Waals surface area contributed by atoms with Crippen LogP contribution in [0.15, 0.2) is 42.5 Å². The summed E-state index contributed by atoms with van der Waals surface area (Å²) in [6, 6.07) is 13.2. The first-order valence-electron chi connectivity index (χ1n) is 8.37. The Labute approximate surface area is 164 Å². The third-order valence-electron chi connectivity index (χ3n) is 4.06. The third kappa shape index (κ3) is 6.36. The van der Waals surface area contributed by atoms with E-state index in [0.29, 0.717) is 29.6 Å². The minimum absolute atomic E-state index is 0.0202. The van der Waals surface area contributed by atoms with Crippen LogP contribution in [-0.4, -0.2) is 29.8 Å². The summed E-state index contributed by atoms with van der Waals surface area (Å²) in [5.74, 6) is -0.344. The summed E-state index contributed by atoms with van der Waals surface area (Å²) in [5.41, 5.74) is 3.08. The maximum absolute atomic E-state index is 12.2. The van der Waals surface area contributed by atoms with Crippen molar-refractivity contribution in [2.75, 3.05) is 13.1 Å². The lowest BCUT2D eigenvalue weighted by atomic mass is 10.1. The second kappa shape index (κ2) is 9.60. The molecule has 0 aliphatic carbocycles. The second-order valence-corrected chi connectivity index (χ2v) is 7.03. The third-order valence-corrected chi connectivity index (χ3v) is 4.64. The molecule has 1 N–H and O–H groups in total. The molecule has 0 spiro atoms. The van der Waals surface area contributed by atoms with Crippen LogP contribution < -0.4 is 5.32 Å². The summed E-state index contributed by atoms with van der Waals surface area (Å²) < 4.78 is 0. The van der Waals surface area contributed by atoms with Crippen LogP contribution in [0.1, 0.15) is 23.6 Å². The van der Waals surface area contributed by atoms with Crippen LogP contribution in [0.25, 0.3) is 0 Å². The Balaban J connectivity index is 1.87. The number of hydrogen-bond acceptors (Lipinski definition) is 2. The predicted octanol–water partition coefficient (Wildman–Crippen LogP) is 4.01. The highest BCUT2D eigenvalue weighted by atomic mass is 35.5. The van der Waals surface area contributed by atoms with E-state index in [1.807, 2.05) is 37.3 Å². The molecule has 0 saturated heterocycles. The summed E-state index contributed by atoms with van der Waals surface area (Å²) in [6.07, 6.45) is 0.556. The van der Waals surface area contributed by atoms with Crippen molar-refractivity contribution in [2.24, 2.45) is 0 Å². The largest absolute Gasteiger partial charge is 0.350 e. The SMILES string of the molecule is CC(=O)N(CCc1ccc(Cl)cc1Cl)CC(=O)NCc1ccc(C)cc1. The van der Waals surface area contributed by atoms with E-state index in [1.165, 1.54) is 17.4 Å². The molecule has 0 unspecified atom stereocenters. The molecule has 0 aliphatic heterocycles. The Morgan fingerprint density at radius 1 is 1.08 bits per heavy atom. The average molecular weight is 393 g/mol. The van der Waals surface area contributed by atoms with Gasteiger partial charge in [0.15, 0.2) is 0 Å². The van der Waals surface area contributed by atoms with E-state index in [9.17, 15) is 9.59 Å². The lowest BCUT2D eigenvalue weighted by Crippen LogP contribution is -2.40. The molecular formula is C20H22Cl2N2O2. The zero-order valence-corrected chi connectivity index (χ0v) is 16.4. The van der Waals surface area contributed by atoms with Gasteiger partial charge in [-0.2, -0.15) is 0 Å². The van der Waals surface area contributed by atoms with Gasteiger partial charge in [0.25, 0.3) is 0 Å². The Morgan fingerprint density at radius 3 is 2.38 bits per heavy atom. The predicted molar refractivity (Wildman–Crippen MR) is 105 cm³/mol. The molecule has 0 heterocycles. The Bertz CT molecular complexity index is 776. The van der Waals surface area contributed by atoms with Gasteiger partial charge in [-0.15, -0.1) is 0 Å². The molecule has 6 heteroatoms. The zero-order chi connectivity index (χ0) is 19.1. The van der Waals surface area contributed by atoms with Crippen LogP contribution in [0.4, 0.5) is 0 Å². The van der Waals surface area contributed by atoms with Crippen molar-refractivity contribution in [2.45, 2.75) is 26.8 Å². The van der Waals surface area contributed by atoms with Crippen molar-refractivity contribution >= 4 is 35.0 Å². The van der Waals surface area contributed by atoms with Crippen LogP contribution >= 0.6 is 23.2 Å². The summed E-state index contributed by atoms with van der Waals surface area (Å²) in [6.45, 7) is 4.34. The average Bonchev–Trinajstić information content (AvgIpc) is 2.59. The van der Waals surface area contributed by atoms with E-state index < -0.39 is 0 Å². The number of aryl methyl sites for hydroxylation is 1. The number of benzene rings is 2. The number of carbonyl (C=O) groups is 2. The molecule has 0 bridgehead atoms. The number of amides is 2. The van der Waals surface area contributed by atoms with Gasteiger partial charge in [0.2, 0.25) is 11.8 Å². The van der Waals surface area contributed by atoms with Gasteiger partial charge in [-0.25, -0.2) is 0 Å². The first kappa shape index (κ1) is 20.3. The highest BCUT2D eigenvalue weighted by molar-refractivity contribution is 6.35. The first-order chi connectivity index (χ1) is 12.3. The maximum Gasteiger partial charge on any atom is 0.239 e. The van der Waals surface area contributed by atoms with Crippen LogP contribution in [-0.2, 0) is 22.6 Å². The van der Waals surface area contributed by atoms with Crippen LogP contribution in [0.5, 0.6) is 0 Å². The first-order valence-corrected chi connectivity index (χ1v) is 9.12. The quantitative estimate of drug-likeness (QED) is 0.773. The normalized spacial score (nSPS) is 10.5. The van der Waals surface area contributed by atoms with Gasteiger partial charge in [0, 0.05) is 30.1 Å². The van der Waals surface area contributed by atoms with E-state index in [1.54, 1.807) is 12.1 Å². The molecule has 0 fully saturated rings. The van der Waals surface area contributed by atoms with E-state index in [2.05, 4.69) is 5.32 Å². The molecule has 2 rings (SSSR count). The van der Waals surface area contributed by atoms with Crippen molar-refractivity contribution in [3.05, 3.63) is 69.2 Å². The van der Waals surface area contributed by atoms with Gasteiger partial charge in [-0.3, -0.25) is 9.59 Å². The maximum atomic E-state index is 12.2. The zero-order valence-electron chi connectivity index (χ0n) is 14.9. The fraction of sp³-hybridized carbons (Fsp3) is 0.300. The molecule has 2 aromatic rings. The molecular weight excluding hydrogens is 371 g/mol. The summed E-state index contributed by atoms with van der Waals surface area (Å²) in [4.78, 5) is 25.5. The monoisotopic (exact) mass is 392 g/mol. The Hall–Kier alpha value is -2.04. The fourth-order valence-electron chi connectivity index (χ4n) is 2.46.